The molecule has 0 aliphatic heterocycles. The third-order valence-electron chi connectivity index (χ3n) is 2.69. The van der Waals surface area contributed by atoms with Gasteiger partial charge in [0.25, 0.3) is 0 Å². The predicted octanol–water partition coefficient (Wildman–Crippen LogP) is 4.13. The second-order valence-corrected chi connectivity index (χ2v) is 9.16. The van der Waals surface area contributed by atoms with Gasteiger partial charge in [-0.2, -0.15) is 0 Å². The van der Waals surface area contributed by atoms with Crippen molar-refractivity contribution < 1.29 is 62.5 Å². The molecule has 0 rings (SSSR count). The predicted molar refractivity (Wildman–Crippen MR) is 83.5 cm³/mol. The fourth-order valence-electron chi connectivity index (χ4n) is 1.43. The van der Waals surface area contributed by atoms with Crippen molar-refractivity contribution in [2.24, 2.45) is 0 Å². The number of alkyl halides is 9. The number of carbonyl (C=O) groups is 3. The molecule has 0 aromatic heterocycles. The Labute approximate surface area is 177 Å². The summed E-state index contributed by atoms with van der Waals surface area (Å²) in [6, 6.07) is 0. The molecule has 31 heavy (non-hydrogen) atoms. The molecule has 0 saturated carbocycles. The number of rotatable bonds is 9. The van der Waals surface area contributed by atoms with Crippen molar-refractivity contribution in [3.63, 3.8) is 0 Å². The van der Waals surface area contributed by atoms with Crippen LogP contribution in [0.25, 0.3) is 0 Å². The first-order valence-corrected chi connectivity index (χ1v) is 11.7. The molecular weight excluding hydrogens is 562 g/mol. The molecule has 0 atom stereocenters. The summed E-state index contributed by atoms with van der Waals surface area (Å²) in [5, 5.41) is 0. The monoisotopic (exact) mass is 574 g/mol. The van der Waals surface area contributed by atoms with Crippen LogP contribution >= 0.6 is 0 Å². The minimum atomic E-state index is -5.29. The molecule has 16 heteroatoms. The molecule has 0 N–H and O–H groups in total. The van der Waals surface area contributed by atoms with Gasteiger partial charge in [-0.3, -0.25) is 0 Å². The Morgan fingerprint density at radius 1 is 0.548 bits per heavy atom. The average Bonchev–Trinajstić information content (AvgIpc) is 2.51. The van der Waals surface area contributed by atoms with Crippen molar-refractivity contribution in [1.29, 1.82) is 0 Å². The van der Waals surface area contributed by atoms with Gasteiger partial charge in [-0.1, -0.05) is 0 Å². The van der Waals surface area contributed by atoms with Crippen LogP contribution in [-0.4, -0.2) is 58.6 Å². The van der Waals surface area contributed by atoms with Crippen LogP contribution in [0.4, 0.5) is 39.5 Å². The normalized spacial score (nSPS) is 14.1. The molecule has 0 aliphatic rings. The number of hydrogen-bond acceptors (Lipinski definition) is 6. The maximum atomic E-state index is 12.3. The van der Waals surface area contributed by atoms with E-state index in [0.29, 0.717) is 0 Å². The summed E-state index contributed by atoms with van der Waals surface area (Å²) >= 11 is -4.84. The van der Waals surface area contributed by atoms with Crippen LogP contribution in [0.5, 0.6) is 0 Å². The van der Waals surface area contributed by atoms with Crippen molar-refractivity contribution >= 4 is 40.1 Å². The van der Waals surface area contributed by atoms with Gasteiger partial charge >= 0.3 is 177 Å². The molecule has 0 aromatic carbocycles. The van der Waals surface area contributed by atoms with Crippen molar-refractivity contribution in [3.05, 3.63) is 35.5 Å². The molecule has 0 unspecified atom stereocenters. The van der Waals surface area contributed by atoms with Gasteiger partial charge < -0.3 is 0 Å². The fourth-order valence-corrected chi connectivity index (χ4v) is 5.02. The Morgan fingerprint density at radius 2 is 0.742 bits per heavy atom. The van der Waals surface area contributed by atoms with Crippen LogP contribution in [0.15, 0.2) is 35.5 Å². The Morgan fingerprint density at radius 3 is 0.903 bits per heavy atom. The van der Waals surface area contributed by atoms with Crippen LogP contribution in [0.2, 0.25) is 0 Å². The third kappa shape index (κ3) is 11.7. The van der Waals surface area contributed by atoms with Crippen LogP contribution < -0.4 is 0 Å². The molecular formula is C15H12F9InO6. The summed E-state index contributed by atoms with van der Waals surface area (Å²) in [5.74, 6) is -9.49. The maximum absolute atomic E-state index is 12.3. The van der Waals surface area contributed by atoms with Crippen molar-refractivity contribution in [2.75, 3.05) is 0 Å². The first-order chi connectivity index (χ1) is 13.7. The summed E-state index contributed by atoms with van der Waals surface area (Å²) < 4.78 is 125. The summed E-state index contributed by atoms with van der Waals surface area (Å²) in [6.45, 7) is 2.42. The Bertz CT molecular complexity index is 686. The van der Waals surface area contributed by atoms with E-state index in [1.54, 1.807) is 0 Å². The fraction of sp³-hybridized carbons (Fsp3) is 0.400. The van der Waals surface area contributed by atoms with E-state index in [1.165, 1.54) is 0 Å². The number of halogens is 9. The van der Waals surface area contributed by atoms with Crippen LogP contribution in [0, 0.1) is 0 Å². The average molecular weight is 574 g/mol. The number of hydrogen-bond donors (Lipinski definition) is 0. The van der Waals surface area contributed by atoms with Gasteiger partial charge in [0.1, 0.15) is 0 Å². The summed E-state index contributed by atoms with van der Waals surface area (Å²) in [7, 11) is 0. The van der Waals surface area contributed by atoms with Crippen molar-refractivity contribution in [3.8, 4) is 0 Å². The molecule has 0 bridgehead atoms. The van der Waals surface area contributed by atoms with Crippen molar-refractivity contribution in [1.82, 2.24) is 0 Å². The van der Waals surface area contributed by atoms with E-state index in [-0.39, 0.29) is 18.2 Å². The van der Waals surface area contributed by atoms with Crippen LogP contribution in [0.1, 0.15) is 20.8 Å². The molecule has 0 radical (unpaired) electrons. The SMILES string of the molecule is C/C(=C/C(=O)C(F)(F)F)[O][In]([O]/C(C)=C\C(=O)C(F)(F)F)[O]/C(C)=C/C(=O)C(F)(F)F. The van der Waals surface area contributed by atoms with Gasteiger partial charge in [-0.25, -0.2) is 0 Å². The first kappa shape index (κ1) is 28.9. The van der Waals surface area contributed by atoms with E-state index in [2.05, 4.69) is 0 Å². The molecule has 0 saturated heterocycles. The second kappa shape index (κ2) is 10.9. The van der Waals surface area contributed by atoms with Gasteiger partial charge in [0.2, 0.25) is 0 Å². The van der Waals surface area contributed by atoms with E-state index in [1.807, 2.05) is 0 Å². The second-order valence-electron chi connectivity index (χ2n) is 5.49. The minimum absolute atomic E-state index is 0.0591. The zero-order valence-corrected chi connectivity index (χ0v) is 19.0. The summed E-state index contributed by atoms with van der Waals surface area (Å²) in [6.07, 6.45) is -16.0. The topological polar surface area (TPSA) is 78.9 Å². The summed E-state index contributed by atoms with van der Waals surface area (Å²) in [4.78, 5) is 32.7. The molecule has 6 nitrogen and oxygen atoms in total. The van der Waals surface area contributed by atoms with Crippen molar-refractivity contribution in [2.45, 2.75) is 39.3 Å². The molecule has 0 fully saturated rings. The molecule has 0 amide bonds. The third-order valence-corrected chi connectivity index (χ3v) is 7.52. The Hall–Kier alpha value is -2.13. The molecule has 0 aromatic rings. The van der Waals surface area contributed by atoms with Gasteiger partial charge in [-0.15, -0.1) is 0 Å². The molecule has 0 aliphatic carbocycles. The zero-order chi connectivity index (χ0) is 24.8. The quantitative estimate of drug-likeness (QED) is 0.234. The number of carbonyl (C=O) groups excluding carboxylic acids is 3. The summed E-state index contributed by atoms with van der Waals surface area (Å²) in [5.41, 5.74) is 0. The molecule has 0 heterocycles. The Balaban J connectivity index is 5.72. The number of ketones is 3. The first-order valence-electron chi connectivity index (χ1n) is 7.61. The molecule has 0 spiro atoms. The van der Waals surface area contributed by atoms with E-state index in [9.17, 15) is 53.9 Å². The van der Waals surface area contributed by atoms with E-state index in [0.717, 1.165) is 20.8 Å². The number of allylic oxidation sites excluding steroid dienone is 6. The van der Waals surface area contributed by atoms with Crippen LogP contribution in [0.3, 0.4) is 0 Å². The van der Waals surface area contributed by atoms with E-state index < -0.39 is 75.9 Å². The van der Waals surface area contributed by atoms with E-state index >= 15 is 0 Å². The van der Waals surface area contributed by atoms with Gasteiger partial charge in [0, 0.05) is 0 Å². The van der Waals surface area contributed by atoms with Gasteiger partial charge in [-0.05, 0) is 0 Å². The Kier molecular flexibility index (Phi) is 10.2. The zero-order valence-electron chi connectivity index (χ0n) is 15.7. The van der Waals surface area contributed by atoms with Gasteiger partial charge in [0.05, 0.1) is 0 Å². The molecule has 174 valence electrons. The van der Waals surface area contributed by atoms with Crippen LogP contribution in [-0.2, 0) is 22.9 Å². The van der Waals surface area contributed by atoms with Gasteiger partial charge in [0.15, 0.2) is 0 Å². The standard InChI is InChI=1S/3C5H5F3O2.In/c3*1-3(9)2-4(10)5(6,7)8;/h3*2,9H,1H3;/q;;;+3/p-3/b3-2+;2*3-2-;. The van der Waals surface area contributed by atoms with E-state index in [4.69, 9.17) is 8.56 Å².